The zero-order valence-electron chi connectivity index (χ0n) is 17.3. The van der Waals surface area contributed by atoms with E-state index in [1.54, 1.807) is 13.2 Å². The van der Waals surface area contributed by atoms with Crippen molar-refractivity contribution in [2.24, 2.45) is 0 Å². The van der Waals surface area contributed by atoms with Crippen LogP contribution in [0, 0.1) is 6.92 Å². The van der Waals surface area contributed by atoms with Crippen LogP contribution in [0.4, 0.5) is 5.69 Å². The lowest BCUT2D eigenvalue weighted by Crippen LogP contribution is -2.16. The molecule has 0 atom stereocenters. The quantitative estimate of drug-likeness (QED) is 0.560. The molecule has 1 aliphatic rings. The number of methoxy groups -OCH3 is 1. The third-order valence-corrected chi connectivity index (χ3v) is 5.77. The van der Waals surface area contributed by atoms with E-state index < -0.39 is 0 Å². The summed E-state index contributed by atoms with van der Waals surface area (Å²) in [4.78, 5) is 2.08. The Balaban J connectivity index is 1.87. The van der Waals surface area contributed by atoms with Gasteiger partial charge in [-0.2, -0.15) is 0 Å². The van der Waals surface area contributed by atoms with Gasteiger partial charge in [0.1, 0.15) is 11.5 Å². The van der Waals surface area contributed by atoms with Crippen molar-refractivity contribution in [2.45, 2.75) is 32.6 Å². The van der Waals surface area contributed by atoms with Crippen molar-refractivity contribution in [2.75, 3.05) is 25.6 Å². The number of nitrogens with zero attached hydrogens (tertiary/aromatic N) is 2. The van der Waals surface area contributed by atoms with Crippen molar-refractivity contribution in [1.82, 2.24) is 10.2 Å². The molecule has 152 valence electrons. The van der Waals surface area contributed by atoms with E-state index in [2.05, 4.69) is 22.0 Å². The van der Waals surface area contributed by atoms with Crippen LogP contribution in [0.15, 0.2) is 30.3 Å². The summed E-state index contributed by atoms with van der Waals surface area (Å²) in [7, 11) is 3.64. The predicted molar refractivity (Wildman–Crippen MR) is 115 cm³/mol. The molecule has 3 N–H and O–H groups in total. The molecule has 6 heteroatoms. The van der Waals surface area contributed by atoms with Crippen LogP contribution in [0.3, 0.4) is 0 Å². The number of phenolic OH excluding ortho intramolecular Hbond substituents is 1. The van der Waals surface area contributed by atoms with Gasteiger partial charge in [-0.15, -0.1) is 5.10 Å². The molecule has 6 nitrogen and oxygen atoms in total. The Morgan fingerprint density at radius 1 is 1.21 bits per heavy atom. The lowest BCUT2D eigenvalue weighted by atomic mass is 9.95. The van der Waals surface area contributed by atoms with Gasteiger partial charge in [0, 0.05) is 19.2 Å². The van der Waals surface area contributed by atoms with Gasteiger partial charge in [-0.25, -0.2) is 0 Å². The van der Waals surface area contributed by atoms with Crippen LogP contribution in [0.5, 0.6) is 17.4 Å². The summed E-state index contributed by atoms with van der Waals surface area (Å²) in [6.45, 7) is 4.91. The molecule has 0 spiro atoms. The fraction of sp³-hybridized carbons (Fsp3) is 0.348. The maximum atomic E-state index is 10.7. The zero-order chi connectivity index (χ0) is 20.7. The summed E-state index contributed by atoms with van der Waals surface area (Å²) in [5, 5.41) is 28.1. The van der Waals surface area contributed by atoms with Crippen LogP contribution in [0.25, 0.3) is 22.4 Å². The highest BCUT2D eigenvalue weighted by Crippen LogP contribution is 2.47. The fourth-order valence-electron chi connectivity index (χ4n) is 3.86. The third kappa shape index (κ3) is 3.39. The molecule has 1 aromatic heterocycles. The number of nitrogens with one attached hydrogen (secondary N) is 1. The van der Waals surface area contributed by atoms with Crippen molar-refractivity contribution in [3.63, 3.8) is 0 Å². The number of anilines is 1. The molecule has 4 rings (SSSR count). The number of H-pyrrole nitrogens is 1. The lowest BCUT2D eigenvalue weighted by Gasteiger charge is -2.21. The molecule has 0 aliphatic heterocycles. The topological polar surface area (TPSA) is 81.6 Å². The van der Waals surface area contributed by atoms with Crippen LogP contribution in [-0.2, 0) is 0 Å². The molecule has 0 amide bonds. The van der Waals surface area contributed by atoms with Crippen molar-refractivity contribution in [3.8, 4) is 39.8 Å². The number of hydrogen-bond donors (Lipinski definition) is 3. The van der Waals surface area contributed by atoms with E-state index in [0.717, 1.165) is 29.1 Å². The SMILES string of the molecule is CCN(C)c1cc(-c2c(O)n[nH]c2-c2cc(C3CC3)c(C)cc2O)ccc1OC. The number of aromatic hydroxyl groups is 2. The number of phenols is 1. The zero-order valence-corrected chi connectivity index (χ0v) is 17.3. The minimum absolute atomic E-state index is 0.0942. The summed E-state index contributed by atoms with van der Waals surface area (Å²) in [6.07, 6.45) is 2.36. The van der Waals surface area contributed by atoms with Gasteiger partial charge in [-0.3, -0.25) is 5.10 Å². The van der Waals surface area contributed by atoms with Crippen LogP contribution < -0.4 is 9.64 Å². The van der Waals surface area contributed by atoms with Gasteiger partial charge in [-0.1, -0.05) is 6.07 Å². The van der Waals surface area contributed by atoms with Crippen molar-refractivity contribution < 1.29 is 14.9 Å². The number of benzene rings is 2. The molecular weight excluding hydrogens is 366 g/mol. The number of aromatic amines is 1. The molecular formula is C23H27N3O3. The predicted octanol–water partition coefficient (Wildman–Crippen LogP) is 4.81. The second-order valence-corrected chi connectivity index (χ2v) is 7.70. The average Bonchev–Trinajstić information content (AvgIpc) is 3.49. The Hall–Kier alpha value is -3.15. The van der Waals surface area contributed by atoms with Crippen molar-refractivity contribution in [1.29, 1.82) is 0 Å². The van der Waals surface area contributed by atoms with Crippen LogP contribution >= 0.6 is 0 Å². The molecule has 29 heavy (non-hydrogen) atoms. The summed E-state index contributed by atoms with van der Waals surface area (Å²) >= 11 is 0. The second-order valence-electron chi connectivity index (χ2n) is 7.70. The largest absolute Gasteiger partial charge is 0.507 e. The minimum atomic E-state index is -0.0942. The van der Waals surface area contributed by atoms with Gasteiger partial charge < -0.3 is 19.8 Å². The number of aryl methyl sites for hydroxylation is 1. The van der Waals surface area contributed by atoms with E-state index >= 15 is 0 Å². The smallest absolute Gasteiger partial charge is 0.238 e. The summed E-state index contributed by atoms with van der Waals surface area (Å²) in [5.74, 6) is 1.40. The molecule has 1 aliphatic carbocycles. The molecule has 0 unspecified atom stereocenters. The van der Waals surface area contributed by atoms with Gasteiger partial charge in [-0.05, 0) is 73.6 Å². The lowest BCUT2D eigenvalue weighted by molar-refractivity contribution is 0.415. The Kier molecular flexibility index (Phi) is 4.86. The monoisotopic (exact) mass is 393 g/mol. The molecule has 1 fully saturated rings. The van der Waals surface area contributed by atoms with E-state index in [0.29, 0.717) is 22.7 Å². The van der Waals surface area contributed by atoms with Crippen molar-refractivity contribution >= 4 is 5.69 Å². The molecule has 3 aromatic rings. The summed E-state index contributed by atoms with van der Waals surface area (Å²) in [5.41, 5.74) is 5.90. The molecule has 0 radical (unpaired) electrons. The number of aromatic nitrogens is 2. The highest BCUT2D eigenvalue weighted by atomic mass is 16.5. The Morgan fingerprint density at radius 3 is 2.62 bits per heavy atom. The highest BCUT2D eigenvalue weighted by Gasteiger charge is 2.28. The maximum Gasteiger partial charge on any atom is 0.238 e. The summed E-state index contributed by atoms with van der Waals surface area (Å²) in [6, 6.07) is 9.59. The van der Waals surface area contributed by atoms with Crippen molar-refractivity contribution in [3.05, 3.63) is 41.5 Å². The summed E-state index contributed by atoms with van der Waals surface area (Å²) < 4.78 is 5.50. The second kappa shape index (κ2) is 7.35. The maximum absolute atomic E-state index is 10.7. The van der Waals surface area contributed by atoms with Gasteiger partial charge in [0.2, 0.25) is 5.88 Å². The van der Waals surface area contributed by atoms with E-state index in [4.69, 9.17) is 4.74 Å². The first-order chi connectivity index (χ1) is 13.9. The number of ether oxygens (including phenoxy) is 1. The van der Waals surface area contributed by atoms with E-state index in [9.17, 15) is 10.2 Å². The minimum Gasteiger partial charge on any atom is -0.507 e. The Bertz CT molecular complexity index is 1050. The van der Waals surface area contributed by atoms with E-state index in [1.165, 1.54) is 18.4 Å². The molecule has 0 bridgehead atoms. The van der Waals surface area contributed by atoms with Crippen LogP contribution in [-0.4, -0.2) is 41.1 Å². The Labute approximate surface area is 170 Å². The molecule has 1 saturated carbocycles. The van der Waals surface area contributed by atoms with E-state index in [1.807, 2.05) is 38.2 Å². The normalized spacial score (nSPS) is 13.5. The van der Waals surface area contributed by atoms with Crippen LogP contribution in [0.1, 0.15) is 36.8 Å². The number of hydrogen-bond acceptors (Lipinski definition) is 5. The molecule has 1 heterocycles. The first-order valence-corrected chi connectivity index (χ1v) is 9.95. The first kappa shape index (κ1) is 19.2. The third-order valence-electron chi connectivity index (χ3n) is 5.77. The highest BCUT2D eigenvalue weighted by molar-refractivity contribution is 5.88. The van der Waals surface area contributed by atoms with Gasteiger partial charge in [0.15, 0.2) is 0 Å². The first-order valence-electron chi connectivity index (χ1n) is 9.95. The van der Waals surface area contributed by atoms with E-state index in [-0.39, 0.29) is 11.6 Å². The van der Waals surface area contributed by atoms with Gasteiger partial charge in [0.05, 0.1) is 24.1 Å². The standard InChI is InChI=1S/C23H27N3O3/c1-5-26(3)18-11-15(8-9-20(18)29-4)21-22(24-25-23(21)28)17-12-16(14-6-7-14)13(2)10-19(17)27/h8-12,14,27H,5-7H2,1-4H3,(H2,24,25,28). The average molecular weight is 393 g/mol. The fourth-order valence-corrected chi connectivity index (χ4v) is 3.86. The van der Waals surface area contributed by atoms with Gasteiger partial charge in [0.25, 0.3) is 0 Å². The molecule has 0 saturated heterocycles. The number of rotatable bonds is 6. The Morgan fingerprint density at radius 2 is 1.97 bits per heavy atom. The molecule has 2 aromatic carbocycles. The van der Waals surface area contributed by atoms with Crippen LogP contribution in [0.2, 0.25) is 0 Å². The van der Waals surface area contributed by atoms with Gasteiger partial charge >= 0.3 is 0 Å².